The zero-order chi connectivity index (χ0) is 20.5. The Balaban J connectivity index is 1.77. The summed E-state index contributed by atoms with van der Waals surface area (Å²) in [6.07, 6.45) is 1.74. The Bertz CT molecular complexity index is 1240. The molecule has 0 unspecified atom stereocenters. The number of ketones is 1. The van der Waals surface area contributed by atoms with Crippen molar-refractivity contribution in [3.8, 4) is 11.1 Å². The summed E-state index contributed by atoms with van der Waals surface area (Å²) >= 11 is 0. The molecule has 2 aromatic carbocycles. The lowest BCUT2D eigenvalue weighted by Crippen LogP contribution is -2.25. The number of benzene rings is 2. The van der Waals surface area contributed by atoms with Gasteiger partial charge in [-0.2, -0.15) is 0 Å². The maximum absolute atomic E-state index is 13.4. The second kappa shape index (κ2) is 7.36. The number of fused-ring (bicyclic) bond motifs is 1. The van der Waals surface area contributed by atoms with E-state index in [0.29, 0.717) is 16.8 Å². The molecule has 144 valence electrons. The quantitative estimate of drug-likeness (QED) is 0.388. The van der Waals surface area contributed by atoms with Crippen LogP contribution in [0.1, 0.15) is 21.6 Å². The summed E-state index contributed by atoms with van der Waals surface area (Å²) in [5.74, 6) is -1.74. The fraction of sp³-hybridized carbons (Fsp3) is 0.0833. The highest BCUT2D eigenvalue weighted by atomic mass is 19.1. The minimum Gasteiger partial charge on any atom is -0.319 e. The van der Waals surface area contributed by atoms with E-state index >= 15 is 0 Å². The van der Waals surface area contributed by atoms with Crippen molar-refractivity contribution in [1.29, 1.82) is 0 Å². The van der Waals surface area contributed by atoms with Gasteiger partial charge in [-0.1, -0.05) is 35.9 Å². The van der Waals surface area contributed by atoms with Gasteiger partial charge in [0.25, 0.3) is 11.7 Å². The molecule has 0 spiro atoms. The maximum atomic E-state index is 13.4. The van der Waals surface area contributed by atoms with Crippen molar-refractivity contribution in [2.75, 3.05) is 5.32 Å². The number of nitrogens with one attached hydrogen (secondary N) is 1. The predicted molar refractivity (Wildman–Crippen MR) is 112 cm³/mol. The number of rotatable bonds is 4. The average molecular weight is 386 g/mol. The van der Waals surface area contributed by atoms with E-state index in [4.69, 9.17) is 0 Å². The SMILES string of the molecule is Cc1ccc(NC(=O)C(=O)c2c(-c3ccc(F)cc3)cc3ccccn23)c(C)c1. The summed E-state index contributed by atoms with van der Waals surface area (Å²) in [6, 6.07) is 18.8. The molecule has 1 N–H and O–H groups in total. The van der Waals surface area contributed by atoms with E-state index in [1.807, 2.05) is 44.2 Å². The monoisotopic (exact) mass is 386 g/mol. The Kier molecular flexibility index (Phi) is 4.72. The van der Waals surface area contributed by atoms with Gasteiger partial charge < -0.3 is 9.72 Å². The van der Waals surface area contributed by atoms with E-state index < -0.39 is 11.7 Å². The van der Waals surface area contributed by atoms with Crippen LogP contribution in [-0.4, -0.2) is 16.1 Å². The summed E-state index contributed by atoms with van der Waals surface area (Å²) in [5, 5.41) is 2.72. The molecule has 4 aromatic rings. The van der Waals surface area contributed by atoms with E-state index in [9.17, 15) is 14.0 Å². The standard InChI is InChI=1S/C24H19FN2O2/c1-15-6-11-21(16(2)13-15)26-24(29)23(28)22-20(17-7-9-18(25)10-8-17)14-19-5-3-4-12-27(19)22/h3-14H,1-2H3,(H,26,29). The van der Waals surface area contributed by atoms with Crippen molar-refractivity contribution in [2.45, 2.75) is 13.8 Å². The first kappa shape index (κ1) is 18.6. The lowest BCUT2D eigenvalue weighted by molar-refractivity contribution is -0.112. The van der Waals surface area contributed by atoms with Gasteiger partial charge >= 0.3 is 0 Å². The first-order valence-electron chi connectivity index (χ1n) is 9.23. The van der Waals surface area contributed by atoms with Gasteiger partial charge in [-0.3, -0.25) is 9.59 Å². The minimum atomic E-state index is -0.718. The molecule has 4 nitrogen and oxygen atoms in total. The van der Waals surface area contributed by atoms with Crippen LogP contribution in [0.2, 0.25) is 0 Å². The third-order valence-electron chi connectivity index (χ3n) is 4.89. The van der Waals surface area contributed by atoms with Crippen LogP contribution in [0.15, 0.2) is 72.9 Å². The third-order valence-corrected chi connectivity index (χ3v) is 4.89. The Morgan fingerprint density at radius 1 is 0.931 bits per heavy atom. The molecule has 0 saturated heterocycles. The zero-order valence-corrected chi connectivity index (χ0v) is 16.1. The molecule has 0 aliphatic rings. The Morgan fingerprint density at radius 3 is 2.41 bits per heavy atom. The molecular weight excluding hydrogens is 367 g/mol. The first-order valence-corrected chi connectivity index (χ1v) is 9.23. The summed E-state index contributed by atoms with van der Waals surface area (Å²) in [5.41, 5.74) is 4.81. The number of aromatic nitrogens is 1. The topological polar surface area (TPSA) is 50.6 Å². The van der Waals surface area contributed by atoms with Gasteiger partial charge in [0.15, 0.2) is 0 Å². The van der Waals surface area contributed by atoms with Crippen molar-refractivity contribution in [1.82, 2.24) is 4.40 Å². The van der Waals surface area contributed by atoms with Crippen LogP contribution in [-0.2, 0) is 4.79 Å². The number of amides is 1. The summed E-state index contributed by atoms with van der Waals surface area (Å²) in [7, 11) is 0. The number of pyridine rings is 1. The Morgan fingerprint density at radius 2 is 1.69 bits per heavy atom. The van der Waals surface area contributed by atoms with Crippen molar-refractivity contribution < 1.29 is 14.0 Å². The number of aryl methyl sites for hydroxylation is 2. The van der Waals surface area contributed by atoms with Crippen LogP contribution in [0.4, 0.5) is 10.1 Å². The lowest BCUT2D eigenvalue weighted by Gasteiger charge is -2.10. The predicted octanol–water partition coefficient (Wildman–Crippen LogP) is 5.18. The fourth-order valence-corrected chi connectivity index (χ4v) is 3.45. The highest BCUT2D eigenvalue weighted by molar-refractivity contribution is 6.47. The van der Waals surface area contributed by atoms with E-state index in [1.165, 1.54) is 12.1 Å². The Hall–Kier alpha value is -3.73. The number of hydrogen-bond acceptors (Lipinski definition) is 2. The van der Waals surface area contributed by atoms with Crippen LogP contribution in [0, 0.1) is 19.7 Å². The molecule has 0 aliphatic carbocycles. The molecular formula is C24H19FN2O2. The highest BCUT2D eigenvalue weighted by Crippen LogP contribution is 2.29. The molecule has 5 heteroatoms. The number of hydrogen-bond donors (Lipinski definition) is 1. The normalized spacial score (nSPS) is 10.9. The molecule has 0 radical (unpaired) electrons. The van der Waals surface area contributed by atoms with Crippen LogP contribution >= 0.6 is 0 Å². The summed E-state index contributed by atoms with van der Waals surface area (Å²) in [6.45, 7) is 3.84. The molecule has 0 bridgehead atoms. The van der Waals surface area contributed by atoms with Gasteiger partial charge in [-0.25, -0.2) is 4.39 Å². The number of carbonyl (C=O) groups excluding carboxylic acids is 2. The van der Waals surface area contributed by atoms with Gasteiger partial charge in [-0.15, -0.1) is 0 Å². The van der Waals surface area contributed by atoms with E-state index in [0.717, 1.165) is 16.6 Å². The average Bonchev–Trinajstić information content (AvgIpc) is 3.09. The Labute approximate surface area is 167 Å². The third kappa shape index (κ3) is 3.55. The van der Waals surface area contributed by atoms with E-state index in [-0.39, 0.29) is 11.5 Å². The molecule has 2 aromatic heterocycles. The molecule has 0 fully saturated rings. The lowest BCUT2D eigenvalue weighted by atomic mass is 10.0. The van der Waals surface area contributed by atoms with E-state index in [2.05, 4.69) is 5.32 Å². The number of carbonyl (C=O) groups is 2. The van der Waals surface area contributed by atoms with Gasteiger partial charge in [0.05, 0.1) is 0 Å². The van der Waals surface area contributed by atoms with E-state index in [1.54, 1.807) is 34.9 Å². The van der Waals surface area contributed by atoms with Crippen molar-refractivity contribution in [3.63, 3.8) is 0 Å². The fourth-order valence-electron chi connectivity index (χ4n) is 3.45. The summed E-state index contributed by atoms with van der Waals surface area (Å²) < 4.78 is 15.0. The molecule has 4 rings (SSSR count). The van der Waals surface area contributed by atoms with Gasteiger partial charge in [0, 0.05) is 23.0 Å². The largest absolute Gasteiger partial charge is 0.319 e. The molecule has 2 heterocycles. The van der Waals surface area contributed by atoms with Crippen LogP contribution in [0.5, 0.6) is 0 Å². The molecule has 1 amide bonds. The molecule has 0 aliphatic heterocycles. The zero-order valence-electron chi connectivity index (χ0n) is 16.1. The number of anilines is 1. The second-order valence-corrected chi connectivity index (χ2v) is 7.01. The highest BCUT2D eigenvalue weighted by Gasteiger charge is 2.25. The number of Topliss-reactive ketones (excluding diaryl/α,β-unsaturated/α-hetero) is 1. The number of nitrogens with zero attached hydrogens (tertiary/aromatic N) is 1. The molecule has 0 atom stereocenters. The molecule has 29 heavy (non-hydrogen) atoms. The minimum absolute atomic E-state index is 0.245. The van der Waals surface area contributed by atoms with Crippen molar-refractivity contribution in [2.24, 2.45) is 0 Å². The summed E-state index contributed by atoms with van der Waals surface area (Å²) in [4.78, 5) is 26.0. The van der Waals surface area contributed by atoms with Crippen LogP contribution in [0.3, 0.4) is 0 Å². The van der Waals surface area contributed by atoms with Crippen molar-refractivity contribution >= 4 is 22.9 Å². The smallest absolute Gasteiger partial charge is 0.298 e. The van der Waals surface area contributed by atoms with Gasteiger partial charge in [0.2, 0.25) is 0 Å². The maximum Gasteiger partial charge on any atom is 0.298 e. The van der Waals surface area contributed by atoms with Crippen molar-refractivity contribution in [3.05, 3.63) is 95.6 Å². The first-order chi connectivity index (χ1) is 13.9. The number of halogens is 1. The van der Waals surface area contributed by atoms with Gasteiger partial charge in [0.1, 0.15) is 11.5 Å². The van der Waals surface area contributed by atoms with Gasteiger partial charge in [-0.05, 0) is 61.4 Å². The molecule has 0 saturated carbocycles. The van der Waals surface area contributed by atoms with Crippen LogP contribution in [0.25, 0.3) is 16.6 Å². The van der Waals surface area contributed by atoms with Crippen LogP contribution < -0.4 is 5.32 Å². The second-order valence-electron chi connectivity index (χ2n) is 7.01.